The van der Waals surface area contributed by atoms with Crippen LogP contribution in [0.25, 0.3) is 0 Å². The van der Waals surface area contributed by atoms with Crippen LogP contribution in [0.1, 0.15) is 24.8 Å². The Labute approximate surface area is 100 Å². The van der Waals surface area contributed by atoms with E-state index in [-0.39, 0.29) is 10.8 Å². The van der Waals surface area contributed by atoms with E-state index in [0.29, 0.717) is 17.0 Å². The zero-order chi connectivity index (χ0) is 12.3. The molecule has 1 unspecified atom stereocenters. The van der Waals surface area contributed by atoms with Crippen LogP contribution in [0, 0.1) is 0 Å². The van der Waals surface area contributed by atoms with Gasteiger partial charge < -0.3 is 4.79 Å². The summed E-state index contributed by atoms with van der Waals surface area (Å²) in [5.41, 5.74) is 0.691. The summed E-state index contributed by atoms with van der Waals surface area (Å²) in [4.78, 5) is 10.6. The molecular formula is C11H13ClO3S. The number of carbonyl (C=O) groups is 1. The van der Waals surface area contributed by atoms with Gasteiger partial charge in [0.05, 0.1) is 4.90 Å². The highest BCUT2D eigenvalue weighted by Gasteiger charge is 2.14. The highest BCUT2D eigenvalue weighted by molar-refractivity contribution is 7.90. The molecule has 3 nitrogen and oxygen atoms in total. The minimum absolute atomic E-state index is 0.0771. The zero-order valence-electron chi connectivity index (χ0n) is 9.10. The molecular weight excluding hydrogens is 248 g/mol. The van der Waals surface area contributed by atoms with Crippen LogP contribution in [0.2, 0.25) is 5.02 Å². The summed E-state index contributed by atoms with van der Waals surface area (Å²) in [6.45, 7) is 1.83. The molecule has 0 saturated heterocycles. The molecule has 0 fully saturated rings. The number of rotatable bonds is 4. The Morgan fingerprint density at radius 3 is 2.56 bits per heavy atom. The van der Waals surface area contributed by atoms with Crippen molar-refractivity contribution < 1.29 is 13.2 Å². The average Bonchev–Trinajstić information content (AvgIpc) is 2.16. The smallest absolute Gasteiger partial charge is 0.175 e. The first-order valence-electron chi connectivity index (χ1n) is 4.79. The lowest BCUT2D eigenvalue weighted by Gasteiger charge is -2.11. The van der Waals surface area contributed by atoms with E-state index in [4.69, 9.17) is 11.6 Å². The topological polar surface area (TPSA) is 51.2 Å². The highest BCUT2D eigenvalue weighted by atomic mass is 35.5. The maximum Gasteiger partial charge on any atom is 0.175 e. The van der Waals surface area contributed by atoms with Crippen molar-refractivity contribution in [2.75, 3.05) is 6.26 Å². The molecule has 0 radical (unpaired) electrons. The Morgan fingerprint density at radius 1 is 1.44 bits per heavy atom. The van der Waals surface area contributed by atoms with Crippen molar-refractivity contribution in [1.82, 2.24) is 0 Å². The summed E-state index contributed by atoms with van der Waals surface area (Å²) in [6.07, 6.45) is 2.27. The summed E-state index contributed by atoms with van der Waals surface area (Å²) in [6, 6.07) is 4.55. The molecule has 0 bridgehead atoms. The third-order valence-electron chi connectivity index (χ3n) is 2.38. The van der Waals surface area contributed by atoms with Gasteiger partial charge in [0.25, 0.3) is 0 Å². The van der Waals surface area contributed by atoms with Gasteiger partial charge in [-0.15, -0.1) is 0 Å². The van der Waals surface area contributed by atoms with E-state index in [9.17, 15) is 13.2 Å². The first-order chi connectivity index (χ1) is 7.36. The van der Waals surface area contributed by atoms with Crippen molar-refractivity contribution in [1.29, 1.82) is 0 Å². The Bertz CT molecular complexity index is 494. The Morgan fingerprint density at radius 2 is 2.06 bits per heavy atom. The van der Waals surface area contributed by atoms with Crippen molar-refractivity contribution in [3.8, 4) is 0 Å². The molecule has 0 saturated carbocycles. The molecule has 0 aromatic heterocycles. The number of hydrogen-bond donors (Lipinski definition) is 0. The fourth-order valence-corrected chi connectivity index (χ4v) is 2.36. The van der Waals surface area contributed by atoms with E-state index in [2.05, 4.69) is 0 Å². The van der Waals surface area contributed by atoms with Gasteiger partial charge in [0.15, 0.2) is 9.84 Å². The molecule has 5 heteroatoms. The number of sulfone groups is 1. The molecule has 0 spiro atoms. The molecule has 1 atom stereocenters. The van der Waals surface area contributed by atoms with Gasteiger partial charge >= 0.3 is 0 Å². The van der Waals surface area contributed by atoms with E-state index in [1.165, 1.54) is 12.1 Å². The predicted octanol–water partition coefficient (Wildman–Crippen LogP) is 2.44. The molecule has 1 aromatic rings. The summed E-state index contributed by atoms with van der Waals surface area (Å²) in [5.74, 6) is -0.0771. The Hall–Kier alpha value is -0.870. The Kier molecular flexibility index (Phi) is 4.10. The van der Waals surface area contributed by atoms with E-state index < -0.39 is 9.84 Å². The van der Waals surface area contributed by atoms with E-state index in [1.54, 1.807) is 6.07 Å². The van der Waals surface area contributed by atoms with Gasteiger partial charge in [0, 0.05) is 17.7 Å². The summed E-state index contributed by atoms with van der Waals surface area (Å²) in [7, 11) is -3.24. The molecule has 0 N–H and O–H groups in total. The number of carbonyl (C=O) groups excluding carboxylic acids is 1. The normalized spacial score (nSPS) is 13.4. The van der Waals surface area contributed by atoms with Crippen LogP contribution in [0.15, 0.2) is 23.1 Å². The second-order valence-electron chi connectivity index (χ2n) is 3.76. The van der Waals surface area contributed by atoms with Crippen molar-refractivity contribution in [3.05, 3.63) is 28.8 Å². The number of benzene rings is 1. The number of hydrogen-bond acceptors (Lipinski definition) is 3. The molecule has 0 aliphatic heterocycles. The van der Waals surface area contributed by atoms with Crippen molar-refractivity contribution in [2.24, 2.45) is 0 Å². The van der Waals surface area contributed by atoms with E-state index in [0.717, 1.165) is 12.5 Å². The molecule has 1 rings (SSSR count). The fraction of sp³-hybridized carbons (Fsp3) is 0.364. The van der Waals surface area contributed by atoms with Gasteiger partial charge in [0.1, 0.15) is 6.29 Å². The lowest BCUT2D eigenvalue weighted by molar-refractivity contribution is -0.108. The Balaban J connectivity index is 3.24. The highest BCUT2D eigenvalue weighted by Crippen LogP contribution is 2.28. The monoisotopic (exact) mass is 260 g/mol. The summed E-state index contributed by atoms with van der Waals surface area (Å²) >= 11 is 5.97. The van der Waals surface area contributed by atoms with Gasteiger partial charge in [-0.2, -0.15) is 0 Å². The molecule has 0 amide bonds. The van der Waals surface area contributed by atoms with Crippen molar-refractivity contribution >= 4 is 27.7 Å². The number of aldehydes is 1. The molecule has 1 aromatic carbocycles. The maximum atomic E-state index is 11.4. The van der Waals surface area contributed by atoms with Gasteiger partial charge in [-0.1, -0.05) is 18.5 Å². The van der Waals surface area contributed by atoms with E-state index in [1.807, 2.05) is 6.92 Å². The zero-order valence-corrected chi connectivity index (χ0v) is 10.7. The minimum atomic E-state index is -3.24. The predicted molar refractivity (Wildman–Crippen MR) is 63.7 cm³/mol. The quantitative estimate of drug-likeness (QED) is 0.782. The molecule has 0 heterocycles. The number of halogens is 1. The van der Waals surface area contributed by atoms with Gasteiger partial charge in [-0.3, -0.25) is 0 Å². The third-order valence-corrected chi connectivity index (χ3v) is 3.83. The summed E-state index contributed by atoms with van der Waals surface area (Å²) in [5, 5.41) is 0.488. The first kappa shape index (κ1) is 13.2. The van der Waals surface area contributed by atoms with Crippen LogP contribution in [0.3, 0.4) is 0 Å². The maximum absolute atomic E-state index is 11.4. The van der Waals surface area contributed by atoms with Gasteiger partial charge in [-0.25, -0.2) is 8.42 Å². The average molecular weight is 261 g/mol. The van der Waals surface area contributed by atoms with Crippen molar-refractivity contribution in [2.45, 2.75) is 24.2 Å². The molecule has 0 aliphatic rings. The molecule has 88 valence electrons. The summed E-state index contributed by atoms with van der Waals surface area (Å²) < 4.78 is 22.7. The van der Waals surface area contributed by atoms with Gasteiger partial charge in [0.2, 0.25) is 0 Å². The van der Waals surface area contributed by atoms with Crippen LogP contribution >= 0.6 is 11.6 Å². The van der Waals surface area contributed by atoms with Crippen molar-refractivity contribution in [3.63, 3.8) is 0 Å². The van der Waals surface area contributed by atoms with Crippen LogP contribution < -0.4 is 0 Å². The third kappa shape index (κ3) is 3.06. The lowest BCUT2D eigenvalue weighted by Crippen LogP contribution is -2.01. The second kappa shape index (κ2) is 4.97. The van der Waals surface area contributed by atoms with Crippen LogP contribution in [-0.2, 0) is 14.6 Å². The first-order valence-corrected chi connectivity index (χ1v) is 7.06. The second-order valence-corrected chi connectivity index (χ2v) is 6.18. The standard InChI is InChI=1S/C11H13ClO3S/c1-8(5-6-13)10-7-9(16(2,14)15)3-4-11(10)12/h3-4,6-8H,5H2,1-2H3. The van der Waals surface area contributed by atoms with Crippen LogP contribution in [0.4, 0.5) is 0 Å². The van der Waals surface area contributed by atoms with Crippen LogP contribution in [0.5, 0.6) is 0 Å². The van der Waals surface area contributed by atoms with E-state index >= 15 is 0 Å². The fourth-order valence-electron chi connectivity index (χ4n) is 1.40. The van der Waals surface area contributed by atoms with Gasteiger partial charge in [-0.05, 0) is 29.7 Å². The molecule has 0 aliphatic carbocycles. The lowest BCUT2D eigenvalue weighted by atomic mass is 9.98. The molecule has 16 heavy (non-hydrogen) atoms. The van der Waals surface area contributed by atoms with Crippen LogP contribution in [-0.4, -0.2) is 21.0 Å². The SMILES string of the molecule is CC(CC=O)c1cc(S(C)(=O)=O)ccc1Cl. The largest absolute Gasteiger partial charge is 0.303 e. The minimum Gasteiger partial charge on any atom is -0.303 e.